The number of urea groups is 1. The number of ether oxygens (including phenoxy) is 2. The zero-order chi connectivity index (χ0) is 16.6. The minimum absolute atomic E-state index is 0.213. The number of carbonyl (C=O) groups excluding carboxylic acids is 1. The lowest BCUT2D eigenvalue weighted by Gasteiger charge is -2.12. The predicted molar refractivity (Wildman–Crippen MR) is 88.6 cm³/mol. The Morgan fingerprint density at radius 1 is 1.25 bits per heavy atom. The van der Waals surface area contributed by atoms with Gasteiger partial charge >= 0.3 is 6.03 Å². The molecule has 1 aliphatic rings. The standard InChI is InChI=1S/C17H22N4O3/c22-17(19-11-14-7-8-20-21-14)18-10-13-3-5-15(6-4-13)24-12-16-2-1-9-23-16/h3-8,16H,1-2,9-12H2,(H,20,21)(H2,18,19,22). The first-order valence-electron chi connectivity index (χ1n) is 8.13. The van der Waals surface area contributed by atoms with Crippen LogP contribution in [0.15, 0.2) is 36.5 Å². The highest BCUT2D eigenvalue weighted by molar-refractivity contribution is 5.73. The number of rotatable bonds is 7. The van der Waals surface area contributed by atoms with Crippen LogP contribution in [0.25, 0.3) is 0 Å². The summed E-state index contributed by atoms with van der Waals surface area (Å²) >= 11 is 0. The van der Waals surface area contributed by atoms with Crippen LogP contribution >= 0.6 is 0 Å². The Balaban J connectivity index is 1.36. The zero-order valence-electron chi connectivity index (χ0n) is 13.5. The number of hydrogen-bond donors (Lipinski definition) is 3. The molecule has 0 radical (unpaired) electrons. The van der Waals surface area contributed by atoms with E-state index in [1.807, 2.05) is 30.3 Å². The average molecular weight is 330 g/mol. The molecular weight excluding hydrogens is 308 g/mol. The van der Waals surface area contributed by atoms with Crippen molar-refractivity contribution in [2.75, 3.05) is 13.2 Å². The zero-order valence-corrected chi connectivity index (χ0v) is 13.5. The normalized spacial score (nSPS) is 16.8. The van der Waals surface area contributed by atoms with Crippen molar-refractivity contribution in [3.05, 3.63) is 47.8 Å². The molecule has 128 valence electrons. The lowest BCUT2D eigenvalue weighted by Crippen LogP contribution is -2.34. The highest BCUT2D eigenvalue weighted by Gasteiger charge is 2.15. The largest absolute Gasteiger partial charge is 0.491 e. The predicted octanol–water partition coefficient (Wildman–Crippen LogP) is 1.97. The summed E-state index contributed by atoms with van der Waals surface area (Å²) in [4.78, 5) is 11.7. The van der Waals surface area contributed by atoms with E-state index in [9.17, 15) is 4.79 Å². The van der Waals surface area contributed by atoms with Gasteiger partial charge in [-0.15, -0.1) is 0 Å². The maximum Gasteiger partial charge on any atom is 0.315 e. The first-order chi connectivity index (χ1) is 11.8. The summed E-state index contributed by atoms with van der Waals surface area (Å²) < 4.78 is 11.2. The van der Waals surface area contributed by atoms with Crippen LogP contribution in [-0.2, 0) is 17.8 Å². The molecule has 1 aromatic heterocycles. The molecule has 2 heterocycles. The number of carbonyl (C=O) groups is 1. The number of amides is 2. The molecular formula is C17H22N4O3. The van der Waals surface area contributed by atoms with Crippen molar-refractivity contribution in [3.8, 4) is 5.75 Å². The molecule has 3 rings (SSSR count). The number of aromatic nitrogens is 2. The van der Waals surface area contributed by atoms with Gasteiger partial charge in [-0.1, -0.05) is 12.1 Å². The van der Waals surface area contributed by atoms with E-state index in [-0.39, 0.29) is 12.1 Å². The van der Waals surface area contributed by atoms with E-state index in [4.69, 9.17) is 9.47 Å². The first-order valence-corrected chi connectivity index (χ1v) is 8.13. The minimum Gasteiger partial charge on any atom is -0.491 e. The Bertz CT molecular complexity index is 622. The Morgan fingerprint density at radius 3 is 2.79 bits per heavy atom. The Hall–Kier alpha value is -2.54. The summed E-state index contributed by atoms with van der Waals surface area (Å²) in [5.41, 5.74) is 1.87. The lowest BCUT2D eigenvalue weighted by molar-refractivity contribution is 0.0679. The van der Waals surface area contributed by atoms with Crippen LogP contribution in [0.3, 0.4) is 0 Å². The van der Waals surface area contributed by atoms with E-state index in [0.717, 1.165) is 36.5 Å². The van der Waals surface area contributed by atoms with Crippen molar-refractivity contribution in [2.24, 2.45) is 0 Å². The summed E-state index contributed by atoms with van der Waals surface area (Å²) in [6.07, 6.45) is 4.04. The van der Waals surface area contributed by atoms with Crippen LogP contribution in [0.2, 0.25) is 0 Å². The van der Waals surface area contributed by atoms with E-state index in [1.54, 1.807) is 6.20 Å². The Morgan fingerprint density at radius 2 is 2.08 bits per heavy atom. The monoisotopic (exact) mass is 330 g/mol. The quantitative estimate of drug-likeness (QED) is 0.724. The van der Waals surface area contributed by atoms with Crippen molar-refractivity contribution in [1.82, 2.24) is 20.8 Å². The van der Waals surface area contributed by atoms with E-state index >= 15 is 0 Å². The summed E-state index contributed by atoms with van der Waals surface area (Å²) in [6, 6.07) is 9.31. The third kappa shape index (κ3) is 4.99. The molecule has 1 saturated heterocycles. The van der Waals surface area contributed by atoms with Gasteiger partial charge in [0.25, 0.3) is 0 Å². The summed E-state index contributed by atoms with van der Waals surface area (Å²) in [7, 11) is 0. The SMILES string of the molecule is O=C(NCc1ccc(OCC2CCCO2)cc1)NCc1ccn[nH]1. The number of H-pyrrole nitrogens is 1. The van der Waals surface area contributed by atoms with E-state index < -0.39 is 0 Å². The summed E-state index contributed by atoms with van der Waals surface area (Å²) in [5, 5.41) is 12.2. The van der Waals surface area contributed by atoms with Crippen LogP contribution in [0.1, 0.15) is 24.1 Å². The molecule has 2 aromatic rings. The molecule has 0 spiro atoms. The third-order valence-corrected chi connectivity index (χ3v) is 3.83. The van der Waals surface area contributed by atoms with Gasteiger partial charge in [0.15, 0.2) is 0 Å². The number of hydrogen-bond acceptors (Lipinski definition) is 4. The van der Waals surface area contributed by atoms with Gasteiger partial charge in [0.1, 0.15) is 12.4 Å². The fourth-order valence-corrected chi connectivity index (χ4v) is 2.47. The molecule has 24 heavy (non-hydrogen) atoms. The molecule has 1 unspecified atom stereocenters. The minimum atomic E-state index is -0.219. The Labute approximate surface area is 140 Å². The molecule has 1 aromatic carbocycles. The van der Waals surface area contributed by atoms with Gasteiger partial charge in [-0.05, 0) is 36.6 Å². The molecule has 2 amide bonds. The van der Waals surface area contributed by atoms with Gasteiger partial charge < -0.3 is 20.1 Å². The van der Waals surface area contributed by atoms with Crippen molar-refractivity contribution in [3.63, 3.8) is 0 Å². The first kappa shape index (κ1) is 16.3. The fraction of sp³-hybridized carbons (Fsp3) is 0.412. The van der Waals surface area contributed by atoms with Crippen LogP contribution in [0.4, 0.5) is 4.79 Å². The molecule has 1 aliphatic heterocycles. The second-order valence-electron chi connectivity index (χ2n) is 5.71. The average Bonchev–Trinajstić information content (AvgIpc) is 3.30. The molecule has 1 fully saturated rings. The number of nitrogens with zero attached hydrogens (tertiary/aromatic N) is 1. The highest BCUT2D eigenvalue weighted by atomic mass is 16.5. The van der Waals surface area contributed by atoms with Crippen LogP contribution in [0, 0.1) is 0 Å². The lowest BCUT2D eigenvalue weighted by atomic mass is 10.2. The van der Waals surface area contributed by atoms with Crippen LogP contribution < -0.4 is 15.4 Å². The van der Waals surface area contributed by atoms with Gasteiger partial charge in [0.05, 0.1) is 18.3 Å². The smallest absolute Gasteiger partial charge is 0.315 e. The highest BCUT2D eigenvalue weighted by Crippen LogP contribution is 2.16. The van der Waals surface area contributed by atoms with Gasteiger partial charge in [0, 0.05) is 19.3 Å². The molecule has 1 atom stereocenters. The van der Waals surface area contributed by atoms with Gasteiger partial charge in [0.2, 0.25) is 0 Å². The molecule has 0 bridgehead atoms. The third-order valence-electron chi connectivity index (χ3n) is 3.83. The molecule has 0 aliphatic carbocycles. The fourth-order valence-electron chi connectivity index (χ4n) is 2.47. The maximum atomic E-state index is 11.7. The van der Waals surface area contributed by atoms with Crippen molar-refractivity contribution in [1.29, 1.82) is 0 Å². The van der Waals surface area contributed by atoms with E-state index in [0.29, 0.717) is 19.7 Å². The summed E-state index contributed by atoms with van der Waals surface area (Å²) in [6.45, 7) is 2.30. The topological polar surface area (TPSA) is 88.3 Å². The second-order valence-corrected chi connectivity index (χ2v) is 5.71. The number of aromatic amines is 1. The van der Waals surface area contributed by atoms with Gasteiger partial charge in [-0.25, -0.2) is 4.79 Å². The van der Waals surface area contributed by atoms with E-state index in [2.05, 4.69) is 20.8 Å². The maximum absolute atomic E-state index is 11.7. The second kappa shape index (κ2) is 8.35. The Kier molecular flexibility index (Phi) is 5.68. The van der Waals surface area contributed by atoms with Crippen LogP contribution in [-0.4, -0.2) is 35.5 Å². The van der Waals surface area contributed by atoms with Crippen molar-refractivity contribution in [2.45, 2.75) is 32.0 Å². The van der Waals surface area contributed by atoms with Gasteiger partial charge in [-0.3, -0.25) is 5.10 Å². The molecule has 7 nitrogen and oxygen atoms in total. The van der Waals surface area contributed by atoms with E-state index in [1.165, 1.54) is 0 Å². The van der Waals surface area contributed by atoms with Crippen molar-refractivity contribution >= 4 is 6.03 Å². The summed E-state index contributed by atoms with van der Waals surface area (Å²) in [5.74, 6) is 0.818. The molecule has 0 saturated carbocycles. The van der Waals surface area contributed by atoms with Crippen molar-refractivity contribution < 1.29 is 14.3 Å². The molecule has 7 heteroatoms. The number of nitrogens with one attached hydrogen (secondary N) is 3. The van der Waals surface area contributed by atoms with Gasteiger partial charge in [-0.2, -0.15) is 5.10 Å². The van der Waals surface area contributed by atoms with Crippen LogP contribution in [0.5, 0.6) is 5.75 Å². The molecule has 3 N–H and O–H groups in total. The number of benzene rings is 1.